The third-order valence-electron chi connectivity index (χ3n) is 7.80. The molecule has 1 amide bonds. The molecule has 3 aromatic carbocycles. The first-order chi connectivity index (χ1) is 17.8. The SMILES string of the molecule is CC(=O)Nc1cccc2c1C=CC1N2[C@@H](C(C)=O)[C@H](c2ccc(Cl)cc2)C12C(=O)c1ccccc1C2=O. The van der Waals surface area contributed by atoms with E-state index >= 15 is 0 Å². The molecule has 0 saturated carbocycles. The van der Waals surface area contributed by atoms with E-state index in [9.17, 15) is 19.2 Å². The number of Topliss-reactive ketones (excluding diaryl/α,β-unsaturated/α-hetero) is 3. The fraction of sp³-hybridized carbons (Fsp3) is 0.200. The van der Waals surface area contributed by atoms with Gasteiger partial charge in [-0.25, -0.2) is 0 Å². The van der Waals surface area contributed by atoms with Crippen LogP contribution in [-0.2, 0) is 9.59 Å². The number of nitrogens with zero attached hydrogens (tertiary/aromatic N) is 1. The first-order valence-electron chi connectivity index (χ1n) is 12.1. The van der Waals surface area contributed by atoms with Crippen molar-refractivity contribution in [3.63, 3.8) is 0 Å². The second-order valence-electron chi connectivity index (χ2n) is 9.79. The Morgan fingerprint density at radius 3 is 2.14 bits per heavy atom. The molecule has 1 unspecified atom stereocenters. The number of rotatable bonds is 3. The topological polar surface area (TPSA) is 83.6 Å². The van der Waals surface area contributed by atoms with Crippen molar-refractivity contribution < 1.29 is 19.2 Å². The van der Waals surface area contributed by atoms with Gasteiger partial charge in [0, 0.05) is 40.2 Å². The van der Waals surface area contributed by atoms with Gasteiger partial charge in [-0.2, -0.15) is 0 Å². The van der Waals surface area contributed by atoms with E-state index in [0.29, 0.717) is 33.1 Å². The highest BCUT2D eigenvalue weighted by atomic mass is 35.5. The van der Waals surface area contributed by atoms with Crippen molar-refractivity contribution in [1.29, 1.82) is 0 Å². The molecule has 1 spiro atoms. The predicted molar refractivity (Wildman–Crippen MR) is 142 cm³/mol. The lowest BCUT2D eigenvalue weighted by atomic mass is 9.64. The highest BCUT2D eigenvalue weighted by Crippen LogP contribution is 2.61. The number of carbonyl (C=O) groups is 4. The largest absolute Gasteiger partial charge is 0.352 e. The minimum atomic E-state index is -1.54. The summed E-state index contributed by atoms with van der Waals surface area (Å²) in [6, 6.07) is 17.8. The van der Waals surface area contributed by atoms with Gasteiger partial charge >= 0.3 is 0 Å². The number of nitrogens with one attached hydrogen (secondary N) is 1. The highest BCUT2D eigenvalue weighted by molar-refractivity contribution is 6.32. The van der Waals surface area contributed by atoms with Crippen LogP contribution in [0.4, 0.5) is 11.4 Å². The molecule has 184 valence electrons. The first kappa shape index (κ1) is 23.4. The van der Waals surface area contributed by atoms with Crippen LogP contribution in [-0.4, -0.2) is 35.3 Å². The van der Waals surface area contributed by atoms with Crippen molar-refractivity contribution in [2.24, 2.45) is 5.41 Å². The van der Waals surface area contributed by atoms with Gasteiger partial charge in [-0.15, -0.1) is 0 Å². The van der Waals surface area contributed by atoms with Crippen LogP contribution in [0.5, 0.6) is 0 Å². The summed E-state index contributed by atoms with van der Waals surface area (Å²) in [6.45, 7) is 2.93. The molecule has 0 radical (unpaired) electrons. The molecule has 2 aliphatic heterocycles. The highest BCUT2D eigenvalue weighted by Gasteiger charge is 2.71. The van der Waals surface area contributed by atoms with Gasteiger partial charge in [-0.3, -0.25) is 19.2 Å². The average Bonchev–Trinajstić information content (AvgIpc) is 3.31. The summed E-state index contributed by atoms with van der Waals surface area (Å²) in [5.41, 5.74) is 1.92. The van der Waals surface area contributed by atoms with Crippen LogP contribution >= 0.6 is 11.6 Å². The zero-order chi connectivity index (χ0) is 26.1. The van der Waals surface area contributed by atoms with E-state index in [1.807, 2.05) is 23.1 Å². The van der Waals surface area contributed by atoms with Gasteiger partial charge in [0.15, 0.2) is 17.3 Å². The number of anilines is 2. The maximum absolute atomic E-state index is 14.4. The van der Waals surface area contributed by atoms with Crippen LogP contribution in [0.15, 0.2) is 72.8 Å². The molecule has 3 aromatic rings. The molecule has 37 heavy (non-hydrogen) atoms. The number of benzene rings is 3. The van der Waals surface area contributed by atoms with Gasteiger partial charge in [0.25, 0.3) is 0 Å². The first-order valence-corrected chi connectivity index (χ1v) is 12.5. The van der Waals surface area contributed by atoms with Gasteiger partial charge in [-0.05, 0) is 36.8 Å². The van der Waals surface area contributed by atoms with Crippen LogP contribution in [0.25, 0.3) is 6.08 Å². The summed E-state index contributed by atoms with van der Waals surface area (Å²) in [6.07, 6.45) is 3.68. The molecular formula is C30H23ClN2O4. The van der Waals surface area contributed by atoms with Crippen LogP contribution in [0, 0.1) is 5.41 Å². The number of hydrogen-bond acceptors (Lipinski definition) is 5. The summed E-state index contributed by atoms with van der Waals surface area (Å²) in [7, 11) is 0. The number of ketones is 3. The van der Waals surface area contributed by atoms with E-state index in [4.69, 9.17) is 11.6 Å². The Hall–Kier alpha value is -4.03. The third kappa shape index (κ3) is 3.12. The van der Waals surface area contributed by atoms with Crippen LogP contribution in [0.2, 0.25) is 5.02 Å². The van der Waals surface area contributed by atoms with E-state index in [1.165, 1.54) is 13.8 Å². The van der Waals surface area contributed by atoms with Crippen molar-refractivity contribution in [1.82, 2.24) is 0 Å². The van der Waals surface area contributed by atoms with Crippen molar-refractivity contribution >= 4 is 52.3 Å². The minimum Gasteiger partial charge on any atom is -0.352 e. The van der Waals surface area contributed by atoms with E-state index in [-0.39, 0.29) is 23.3 Å². The molecule has 6 rings (SSSR count). The second-order valence-corrected chi connectivity index (χ2v) is 10.2. The Labute approximate surface area is 218 Å². The van der Waals surface area contributed by atoms with Gasteiger partial charge in [0.05, 0.1) is 17.8 Å². The molecule has 2 heterocycles. The normalized spacial score (nSPS) is 22.6. The smallest absolute Gasteiger partial charge is 0.221 e. The van der Waals surface area contributed by atoms with E-state index < -0.39 is 23.4 Å². The van der Waals surface area contributed by atoms with E-state index in [0.717, 1.165) is 5.56 Å². The van der Waals surface area contributed by atoms with Gasteiger partial charge in [-0.1, -0.05) is 66.2 Å². The Kier molecular flexibility index (Phi) is 5.21. The Balaban J connectivity index is 1.65. The Morgan fingerprint density at radius 1 is 0.892 bits per heavy atom. The van der Waals surface area contributed by atoms with Crippen molar-refractivity contribution in [3.05, 3.63) is 100 Å². The number of hydrogen-bond donors (Lipinski definition) is 1. The fourth-order valence-corrected chi connectivity index (χ4v) is 6.62. The summed E-state index contributed by atoms with van der Waals surface area (Å²) in [5, 5.41) is 3.37. The fourth-order valence-electron chi connectivity index (χ4n) is 6.49. The lowest BCUT2D eigenvalue weighted by Gasteiger charge is -2.37. The van der Waals surface area contributed by atoms with Crippen LogP contribution < -0.4 is 10.2 Å². The molecule has 7 heteroatoms. The summed E-state index contributed by atoms with van der Waals surface area (Å²) in [5.74, 6) is -1.69. The van der Waals surface area contributed by atoms with Gasteiger partial charge in [0.2, 0.25) is 5.91 Å². The molecule has 0 aromatic heterocycles. The van der Waals surface area contributed by atoms with Crippen molar-refractivity contribution in [2.75, 3.05) is 10.2 Å². The minimum absolute atomic E-state index is 0.162. The zero-order valence-electron chi connectivity index (χ0n) is 20.2. The molecule has 3 atom stereocenters. The summed E-state index contributed by atoms with van der Waals surface area (Å²) >= 11 is 6.19. The molecule has 1 fully saturated rings. The number of amides is 1. The van der Waals surface area contributed by atoms with E-state index in [2.05, 4.69) is 5.32 Å². The third-order valence-corrected chi connectivity index (χ3v) is 8.05. The molecule has 0 bridgehead atoms. The number of halogens is 1. The average molecular weight is 511 g/mol. The summed E-state index contributed by atoms with van der Waals surface area (Å²) in [4.78, 5) is 56.0. The number of fused-ring (bicyclic) bond motifs is 5. The zero-order valence-corrected chi connectivity index (χ0v) is 21.0. The lowest BCUT2D eigenvalue weighted by molar-refractivity contribution is -0.118. The van der Waals surface area contributed by atoms with E-state index in [1.54, 1.807) is 60.7 Å². The molecule has 1 saturated heterocycles. The van der Waals surface area contributed by atoms with Crippen LogP contribution in [0.3, 0.4) is 0 Å². The molecule has 1 N–H and O–H groups in total. The van der Waals surface area contributed by atoms with Crippen molar-refractivity contribution in [3.8, 4) is 0 Å². The Morgan fingerprint density at radius 2 is 1.54 bits per heavy atom. The molecule has 1 aliphatic carbocycles. The second kappa shape index (κ2) is 8.25. The lowest BCUT2D eigenvalue weighted by Crippen LogP contribution is -2.48. The van der Waals surface area contributed by atoms with Crippen molar-refractivity contribution in [2.45, 2.75) is 31.8 Å². The number of carbonyl (C=O) groups excluding carboxylic acids is 4. The van der Waals surface area contributed by atoms with Gasteiger partial charge in [0.1, 0.15) is 5.41 Å². The molecule has 6 nitrogen and oxygen atoms in total. The maximum Gasteiger partial charge on any atom is 0.221 e. The molecular weight excluding hydrogens is 488 g/mol. The van der Waals surface area contributed by atoms with Gasteiger partial charge < -0.3 is 10.2 Å². The standard InChI is InChI=1S/C30H23ClN2O4/c1-16(34)27-26(18-10-12-19(31)13-11-18)30(28(36)20-6-3-4-7-21(20)29(30)37)25-15-14-22-23(32-17(2)35)8-5-9-24(22)33(25)27/h3-15,25-27H,1-2H3,(H,32,35)/t25?,26-,27-/m0/s1. The quantitative estimate of drug-likeness (QED) is 0.482. The monoisotopic (exact) mass is 510 g/mol. The Bertz CT molecular complexity index is 1510. The maximum atomic E-state index is 14.4. The predicted octanol–water partition coefficient (Wildman–Crippen LogP) is 5.32. The molecule has 3 aliphatic rings. The van der Waals surface area contributed by atoms with Crippen LogP contribution in [0.1, 0.15) is 51.6 Å². The summed E-state index contributed by atoms with van der Waals surface area (Å²) < 4.78 is 0.